The van der Waals surface area contributed by atoms with Crippen molar-refractivity contribution < 1.29 is 9.53 Å². The number of aryl methyl sites for hydroxylation is 1. The van der Waals surface area contributed by atoms with Gasteiger partial charge in [0.05, 0.1) is 28.0 Å². The van der Waals surface area contributed by atoms with Crippen LogP contribution < -0.4 is 9.64 Å². The molecule has 0 bridgehead atoms. The van der Waals surface area contributed by atoms with Crippen LogP contribution in [-0.2, 0) is 6.54 Å². The highest BCUT2D eigenvalue weighted by atomic mass is 35.5. The van der Waals surface area contributed by atoms with E-state index in [1.807, 2.05) is 28.3 Å². The predicted octanol–water partition coefficient (Wildman–Crippen LogP) is 5.38. The SMILES string of the molecule is COc1ccc(Cl)c2sc(N(CCCn3ccnc3)C(=O)c3cccs3)nc12.Cl. The number of aromatic nitrogens is 3. The number of anilines is 1. The van der Waals surface area contributed by atoms with E-state index in [0.29, 0.717) is 32.8 Å². The molecule has 0 unspecified atom stereocenters. The zero-order chi connectivity index (χ0) is 19.5. The normalized spacial score (nSPS) is 10.7. The summed E-state index contributed by atoms with van der Waals surface area (Å²) in [6.07, 6.45) is 6.20. The average molecular weight is 469 g/mol. The van der Waals surface area contributed by atoms with Gasteiger partial charge in [0.25, 0.3) is 5.91 Å². The average Bonchev–Trinajstić information content (AvgIpc) is 3.47. The maximum Gasteiger partial charge on any atom is 0.270 e. The number of fused-ring (bicyclic) bond motifs is 1. The smallest absolute Gasteiger partial charge is 0.270 e. The van der Waals surface area contributed by atoms with Gasteiger partial charge < -0.3 is 9.30 Å². The molecule has 1 amide bonds. The van der Waals surface area contributed by atoms with Crippen LogP contribution in [0.15, 0.2) is 48.4 Å². The molecular formula is C19H18Cl2N4O2S2. The van der Waals surface area contributed by atoms with Crippen molar-refractivity contribution in [2.75, 3.05) is 18.6 Å². The summed E-state index contributed by atoms with van der Waals surface area (Å²) >= 11 is 9.18. The van der Waals surface area contributed by atoms with E-state index in [1.54, 1.807) is 36.7 Å². The van der Waals surface area contributed by atoms with E-state index in [4.69, 9.17) is 21.3 Å². The van der Waals surface area contributed by atoms with Crippen molar-refractivity contribution in [1.29, 1.82) is 0 Å². The second-order valence-corrected chi connectivity index (χ2v) is 8.34. The van der Waals surface area contributed by atoms with Crippen LogP contribution in [-0.4, -0.2) is 34.1 Å². The number of hydrogen-bond donors (Lipinski definition) is 0. The minimum atomic E-state index is -0.0604. The van der Waals surface area contributed by atoms with Crippen LogP contribution in [0, 0.1) is 0 Å². The number of hydrogen-bond acceptors (Lipinski definition) is 6. The summed E-state index contributed by atoms with van der Waals surface area (Å²) in [6, 6.07) is 7.28. The Balaban J connectivity index is 0.00000240. The molecule has 4 rings (SSSR count). The Bertz CT molecular complexity index is 1080. The number of halogens is 2. The standard InChI is InChI=1S/C19H17ClN4O2S2.ClH/c1-26-14-6-5-13(20)17-16(14)22-19(28-17)24(18(25)15-4-2-11-27-15)9-3-8-23-10-7-21-12-23;/h2,4-7,10-12H,3,8-9H2,1H3;1H. The topological polar surface area (TPSA) is 60.2 Å². The van der Waals surface area contributed by atoms with Gasteiger partial charge in [-0.15, -0.1) is 23.7 Å². The molecular weight excluding hydrogens is 451 g/mol. The quantitative estimate of drug-likeness (QED) is 0.365. The molecule has 3 heterocycles. The van der Waals surface area contributed by atoms with Crippen LogP contribution in [0.3, 0.4) is 0 Å². The number of thiophene rings is 1. The Labute approximate surface area is 187 Å². The van der Waals surface area contributed by atoms with E-state index < -0.39 is 0 Å². The fourth-order valence-electron chi connectivity index (χ4n) is 2.87. The summed E-state index contributed by atoms with van der Waals surface area (Å²) in [7, 11) is 1.60. The number of nitrogens with zero attached hydrogens (tertiary/aromatic N) is 4. The number of carbonyl (C=O) groups excluding carboxylic acids is 1. The lowest BCUT2D eigenvalue weighted by atomic mass is 10.3. The Morgan fingerprint density at radius 1 is 1.34 bits per heavy atom. The fourth-order valence-corrected chi connectivity index (χ4v) is 4.82. The summed E-state index contributed by atoms with van der Waals surface area (Å²) < 4.78 is 8.22. The van der Waals surface area contributed by atoms with E-state index in [0.717, 1.165) is 17.7 Å². The van der Waals surface area contributed by atoms with E-state index in [1.165, 1.54) is 22.7 Å². The van der Waals surface area contributed by atoms with Gasteiger partial charge in [0.15, 0.2) is 5.13 Å². The summed E-state index contributed by atoms with van der Waals surface area (Å²) in [5.74, 6) is 0.582. The molecule has 0 saturated heterocycles. The van der Waals surface area contributed by atoms with Crippen molar-refractivity contribution in [3.63, 3.8) is 0 Å². The van der Waals surface area contributed by atoms with Crippen LogP contribution in [0.2, 0.25) is 5.02 Å². The lowest BCUT2D eigenvalue weighted by Crippen LogP contribution is -2.31. The number of methoxy groups -OCH3 is 1. The summed E-state index contributed by atoms with van der Waals surface area (Å²) in [6.45, 7) is 1.30. The van der Waals surface area contributed by atoms with Crippen molar-refractivity contribution in [2.45, 2.75) is 13.0 Å². The van der Waals surface area contributed by atoms with Crippen molar-refractivity contribution in [2.24, 2.45) is 0 Å². The molecule has 0 aliphatic carbocycles. The van der Waals surface area contributed by atoms with Gasteiger partial charge in [0.1, 0.15) is 11.3 Å². The van der Waals surface area contributed by atoms with Crippen LogP contribution in [0.4, 0.5) is 5.13 Å². The van der Waals surface area contributed by atoms with Crippen LogP contribution in [0.1, 0.15) is 16.1 Å². The lowest BCUT2D eigenvalue weighted by molar-refractivity contribution is 0.0990. The summed E-state index contributed by atoms with van der Waals surface area (Å²) in [4.78, 5) is 24.3. The molecule has 3 aromatic heterocycles. The zero-order valence-corrected chi connectivity index (χ0v) is 18.7. The maximum atomic E-state index is 13.1. The van der Waals surface area contributed by atoms with Crippen LogP contribution >= 0.6 is 46.7 Å². The molecule has 0 atom stereocenters. The molecule has 152 valence electrons. The first-order chi connectivity index (χ1) is 13.7. The van der Waals surface area contributed by atoms with Crippen LogP contribution in [0.5, 0.6) is 5.75 Å². The van der Waals surface area contributed by atoms with Gasteiger partial charge in [0, 0.05) is 25.5 Å². The highest BCUT2D eigenvalue weighted by molar-refractivity contribution is 7.23. The molecule has 29 heavy (non-hydrogen) atoms. The number of ether oxygens (including phenoxy) is 1. The Morgan fingerprint density at radius 3 is 2.90 bits per heavy atom. The highest BCUT2D eigenvalue weighted by Gasteiger charge is 2.23. The van der Waals surface area contributed by atoms with Crippen molar-refractivity contribution in [3.8, 4) is 5.75 Å². The zero-order valence-electron chi connectivity index (χ0n) is 15.4. The minimum absolute atomic E-state index is 0. The molecule has 4 aromatic rings. The number of imidazole rings is 1. The van der Waals surface area contributed by atoms with Crippen molar-refractivity contribution in [3.05, 3.63) is 58.3 Å². The number of amides is 1. The minimum Gasteiger partial charge on any atom is -0.494 e. The van der Waals surface area contributed by atoms with Gasteiger partial charge in [-0.3, -0.25) is 9.69 Å². The van der Waals surface area contributed by atoms with Gasteiger partial charge in [0.2, 0.25) is 0 Å². The first-order valence-electron chi connectivity index (χ1n) is 8.61. The second-order valence-electron chi connectivity index (χ2n) is 6.01. The second kappa shape index (κ2) is 9.58. The Kier molecular flexibility index (Phi) is 7.13. The number of rotatable bonds is 7. The fraction of sp³-hybridized carbons (Fsp3) is 0.211. The van der Waals surface area contributed by atoms with E-state index in [9.17, 15) is 4.79 Å². The van der Waals surface area contributed by atoms with Gasteiger partial charge >= 0.3 is 0 Å². The van der Waals surface area contributed by atoms with Gasteiger partial charge in [-0.1, -0.05) is 29.0 Å². The maximum absolute atomic E-state index is 13.1. The molecule has 0 N–H and O–H groups in total. The Hall–Kier alpha value is -2.13. The molecule has 0 saturated carbocycles. The molecule has 10 heteroatoms. The largest absolute Gasteiger partial charge is 0.494 e. The van der Waals surface area contributed by atoms with Gasteiger partial charge in [-0.2, -0.15) is 0 Å². The molecule has 0 aliphatic heterocycles. The molecule has 0 fully saturated rings. The van der Waals surface area contributed by atoms with Crippen molar-refractivity contribution in [1.82, 2.24) is 14.5 Å². The van der Waals surface area contributed by atoms with E-state index in [-0.39, 0.29) is 18.3 Å². The summed E-state index contributed by atoms with van der Waals surface area (Å²) in [5.41, 5.74) is 0.675. The molecule has 0 radical (unpaired) electrons. The lowest BCUT2D eigenvalue weighted by Gasteiger charge is -2.19. The third-order valence-corrected chi connectivity index (χ3v) is 6.63. The van der Waals surface area contributed by atoms with Gasteiger partial charge in [-0.05, 0) is 30.0 Å². The Morgan fingerprint density at radius 2 is 2.21 bits per heavy atom. The number of thiazole rings is 1. The number of benzene rings is 1. The molecule has 0 aliphatic rings. The first-order valence-corrected chi connectivity index (χ1v) is 10.7. The highest BCUT2D eigenvalue weighted by Crippen LogP contribution is 2.39. The van der Waals surface area contributed by atoms with Crippen LogP contribution in [0.25, 0.3) is 10.2 Å². The summed E-state index contributed by atoms with van der Waals surface area (Å²) in [5, 5.41) is 3.11. The first kappa shape index (κ1) is 21.6. The third kappa shape index (κ3) is 4.56. The predicted molar refractivity (Wildman–Crippen MR) is 121 cm³/mol. The molecule has 1 aromatic carbocycles. The number of carbonyl (C=O) groups is 1. The van der Waals surface area contributed by atoms with Gasteiger partial charge in [-0.25, -0.2) is 9.97 Å². The third-order valence-electron chi connectivity index (χ3n) is 4.23. The van der Waals surface area contributed by atoms with Crippen molar-refractivity contribution >= 4 is 67.9 Å². The van der Waals surface area contributed by atoms with E-state index in [2.05, 4.69) is 4.98 Å². The molecule has 0 spiro atoms. The monoisotopic (exact) mass is 468 g/mol. The van der Waals surface area contributed by atoms with E-state index >= 15 is 0 Å². The molecule has 6 nitrogen and oxygen atoms in total.